The topological polar surface area (TPSA) is 34.6 Å². The number of hydrogen-bond acceptors (Lipinski definition) is 4. The van der Waals surface area contributed by atoms with Gasteiger partial charge >= 0.3 is 0 Å². The lowest BCUT2D eigenvalue weighted by Gasteiger charge is -2.56. The van der Waals surface area contributed by atoms with Crippen LogP contribution in [-0.4, -0.2) is 42.7 Å². The number of pyridine rings is 1. The molecule has 0 radical (unpaired) electrons. The van der Waals surface area contributed by atoms with Crippen LogP contribution in [-0.2, 0) is 10.3 Å². The second kappa shape index (κ2) is 10.1. The first-order valence-corrected chi connectivity index (χ1v) is 13.1. The third-order valence-corrected chi connectivity index (χ3v) is 8.26. The predicted molar refractivity (Wildman–Crippen MR) is 138 cm³/mol. The first-order chi connectivity index (χ1) is 16.7. The van der Waals surface area contributed by atoms with Crippen molar-refractivity contribution < 1.29 is 9.47 Å². The van der Waals surface area contributed by atoms with E-state index in [1.807, 2.05) is 12.3 Å². The number of ether oxygens (including phenoxy) is 2. The Morgan fingerprint density at radius 2 is 1.94 bits per heavy atom. The van der Waals surface area contributed by atoms with Crippen LogP contribution in [0.3, 0.4) is 0 Å². The van der Waals surface area contributed by atoms with Gasteiger partial charge in [-0.15, -0.1) is 0 Å². The van der Waals surface area contributed by atoms with Gasteiger partial charge in [0, 0.05) is 36.3 Å². The third kappa shape index (κ3) is 4.01. The summed E-state index contributed by atoms with van der Waals surface area (Å²) in [5.41, 5.74) is 2.89. The average molecular weight is 459 g/mol. The van der Waals surface area contributed by atoms with E-state index in [4.69, 9.17) is 14.5 Å². The highest BCUT2D eigenvalue weighted by molar-refractivity contribution is 5.85. The fourth-order valence-corrected chi connectivity index (χ4v) is 6.45. The van der Waals surface area contributed by atoms with Crippen LogP contribution >= 0.6 is 0 Å². The Kier molecular flexibility index (Phi) is 6.89. The lowest BCUT2D eigenvalue weighted by Crippen LogP contribution is -2.62. The van der Waals surface area contributed by atoms with Crippen LogP contribution in [0.1, 0.15) is 57.1 Å². The zero-order valence-corrected chi connectivity index (χ0v) is 20.9. The second-order valence-corrected chi connectivity index (χ2v) is 10.0. The van der Waals surface area contributed by atoms with Crippen molar-refractivity contribution in [2.45, 2.75) is 57.6 Å². The summed E-state index contributed by atoms with van der Waals surface area (Å²) in [5.74, 6) is 2.41. The Bertz CT molecular complexity index is 1100. The summed E-state index contributed by atoms with van der Waals surface area (Å²) in [6, 6.07) is 19.6. The van der Waals surface area contributed by atoms with E-state index in [0.717, 1.165) is 54.5 Å². The Morgan fingerprint density at radius 3 is 2.65 bits per heavy atom. The number of piperidine rings is 3. The molecule has 3 aromatic rings. The molecule has 4 nitrogen and oxygen atoms in total. The highest BCUT2D eigenvalue weighted by Gasteiger charge is 2.52. The summed E-state index contributed by atoms with van der Waals surface area (Å²) in [4.78, 5) is 7.45. The van der Waals surface area contributed by atoms with Crippen LogP contribution in [0.4, 0.5) is 0 Å². The van der Waals surface area contributed by atoms with Crippen molar-refractivity contribution in [1.82, 2.24) is 9.88 Å². The number of fused-ring (bicyclic) bond motifs is 4. The van der Waals surface area contributed by atoms with Crippen molar-refractivity contribution in [3.8, 4) is 5.75 Å². The molecule has 1 unspecified atom stereocenters. The summed E-state index contributed by atoms with van der Waals surface area (Å²) in [5, 5.41) is 1.12. The van der Waals surface area contributed by atoms with E-state index in [-0.39, 0.29) is 0 Å². The summed E-state index contributed by atoms with van der Waals surface area (Å²) in [6.07, 6.45) is 7.86. The molecule has 0 aliphatic carbocycles. The van der Waals surface area contributed by atoms with Gasteiger partial charge < -0.3 is 9.47 Å². The zero-order chi connectivity index (χ0) is 23.5. The average Bonchev–Trinajstić information content (AvgIpc) is 2.91. The molecular formula is C30H38N2O2. The van der Waals surface area contributed by atoms with Gasteiger partial charge in [-0.25, -0.2) is 0 Å². The summed E-state index contributed by atoms with van der Waals surface area (Å²) in [7, 11) is 1.73. The van der Waals surface area contributed by atoms with Gasteiger partial charge in [-0.05, 0) is 67.5 Å². The minimum atomic E-state index is -0.554. The lowest BCUT2D eigenvalue weighted by molar-refractivity contribution is -0.128. The molecule has 3 fully saturated rings. The van der Waals surface area contributed by atoms with E-state index in [2.05, 4.69) is 67.3 Å². The maximum Gasteiger partial charge on any atom is 0.134 e. The molecule has 0 amide bonds. The molecular weight excluding hydrogens is 420 g/mol. The molecule has 4 heterocycles. The van der Waals surface area contributed by atoms with Crippen molar-refractivity contribution in [1.29, 1.82) is 0 Å². The van der Waals surface area contributed by atoms with Crippen LogP contribution in [0, 0.1) is 11.8 Å². The molecule has 4 heteroatoms. The first-order valence-electron chi connectivity index (χ1n) is 13.1. The van der Waals surface area contributed by atoms with Gasteiger partial charge in [0.25, 0.3) is 0 Å². The van der Waals surface area contributed by atoms with E-state index in [0.29, 0.717) is 6.04 Å². The van der Waals surface area contributed by atoms with Gasteiger partial charge in [-0.3, -0.25) is 9.88 Å². The lowest BCUT2D eigenvalue weighted by atomic mass is 9.66. The number of unbranched alkanes of at least 4 members (excludes halogenated alkanes) is 1. The maximum absolute atomic E-state index is 7.17. The predicted octanol–water partition coefficient (Wildman–Crippen LogP) is 6.42. The largest absolute Gasteiger partial charge is 0.497 e. The number of nitrogens with zero attached hydrogens (tertiary/aromatic N) is 2. The number of rotatable bonds is 9. The molecule has 6 rings (SSSR count). The zero-order valence-electron chi connectivity index (χ0n) is 20.9. The standard InChI is InChI=1S/C30H38N2O2/c1-4-6-18-34-30(24-10-8-7-9-11-24,29-19-23-15-17-32(29)21-22(23)5-2)27-14-16-31-28-13-12-25(33-3)20-26(27)28/h7-14,16,20,22-23,29H,4-6,15,17-19,21H2,1-3H3/t22-,23-,29-,30+/m0/s1. The molecule has 5 atom stereocenters. The van der Waals surface area contributed by atoms with E-state index in [1.165, 1.54) is 36.9 Å². The van der Waals surface area contributed by atoms with Crippen LogP contribution < -0.4 is 4.74 Å². The first kappa shape index (κ1) is 23.3. The number of aromatic nitrogens is 1. The summed E-state index contributed by atoms with van der Waals surface area (Å²) < 4.78 is 12.8. The molecule has 1 aromatic heterocycles. The molecule has 0 N–H and O–H groups in total. The van der Waals surface area contributed by atoms with Crippen molar-refractivity contribution >= 4 is 10.9 Å². The van der Waals surface area contributed by atoms with Crippen LogP contribution in [0.2, 0.25) is 0 Å². The van der Waals surface area contributed by atoms with Crippen molar-refractivity contribution in [3.63, 3.8) is 0 Å². The quantitative estimate of drug-likeness (QED) is 0.346. The molecule has 3 aliphatic rings. The van der Waals surface area contributed by atoms with Crippen LogP contribution in [0.25, 0.3) is 10.9 Å². The van der Waals surface area contributed by atoms with E-state index < -0.39 is 5.60 Å². The molecule has 2 aromatic carbocycles. The molecule has 2 bridgehead atoms. The highest BCUT2D eigenvalue weighted by Crippen LogP contribution is 2.50. The Morgan fingerprint density at radius 1 is 1.09 bits per heavy atom. The van der Waals surface area contributed by atoms with Crippen molar-refractivity contribution in [3.05, 3.63) is 71.9 Å². The fraction of sp³-hybridized carbons (Fsp3) is 0.500. The van der Waals surface area contributed by atoms with Gasteiger partial charge in [0.15, 0.2) is 0 Å². The Balaban J connectivity index is 1.74. The maximum atomic E-state index is 7.17. The smallest absolute Gasteiger partial charge is 0.134 e. The van der Waals surface area contributed by atoms with Gasteiger partial charge in [-0.1, -0.05) is 57.0 Å². The summed E-state index contributed by atoms with van der Waals surface area (Å²) in [6.45, 7) is 7.66. The highest BCUT2D eigenvalue weighted by atomic mass is 16.5. The number of hydrogen-bond donors (Lipinski definition) is 0. The monoisotopic (exact) mass is 458 g/mol. The van der Waals surface area contributed by atoms with Gasteiger partial charge in [0.05, 0.1) is 12.6 Å². The van der Waals surface area contributed by atoms with Gasteiger partial charge in [0.1, 0.15) is 11.4 Å². The van der Waals surface area contributed by atoms with E-state index in [9.17, 15) is 0 Å². The number of benzene rings is 2. The minimum Gasteiger partial charge on any atom is -0.497 e. The summed E-state index contributed by atoms with van der Waals surface area (Å²) >= 11 is 0. The van der Waals surface area contributed by atoms with Crippen molar-refractivity contribution in [2.24, 2.45) is 11.8 Å². The SMILES string of the molecule is CCCCO[C@](c1ccccc1)(c1ccnc2ccc(OC)cc12)[C@@H]1C[C@@H]2CCN1C[C@@H]2CC. The van der Waals surface area contributed by atoms with Crippen LogP contribution in [0.15, 0.2) is 60.8 Å². The molecule has 0 spiro atoms. The minimum absolute atomic E-state index is 0.296. The Labute approximate surface area is 204 Å². The molecule has 34 heavy (non-hydrogen) atoms. The number of methoxy groups -OCH3 is 1. The normalized spacial score (nSPS) is 25.9. The molecule has 3 aliphatic heterocycles. The molecule has 3 saturated heterocycles. The fourth-order valence-electron chi connectivity index (χ4n) is 6.45. The van der Waals surface area contributed by atoms with E-state index in [1.54, 1.807) is 7.11 Å². The van der Waals surface area contributed by atoms with Gasteiger partial charge in [-0.2, -0.15) is 0 Å². The molecule has 0 saturated carbocycles. The molecule has 180 valence electrons. The Hall–Kier alpha value is -2.43. The van der Waals surface area contributed by atoms with Crippen molar-refractivity contribution in [2.75, 3.05) is 26.8 Å². The van der Waals surface area contributed by atoms with E-state index >= 15 is 0 Å². The van der Waals surface area contributed by atoms with Crippen LogP contribution in [0.5, 0.6) is 5.75 Å². The second-order valence-electron chi connectivity index (χ2n) is 10.0. The third-order valence-electron chi connectivity index (χ3n) is 8.26. The van der Waals surface area contributed by atoms with Gasteiger partial charge in [0.2, 0.25) is 0 Å².